The van der Waals surface area contributed by atoms with Gasteiger partial charge < -0.3 is 4.42 Å². The lowest BCUT2D eigenvalue weighted by atomic mass is 9.72. The van der Waals surface area contributed by atoms with E-state index in [1.165, 1.54) is 55.3 Å². The average molecular weight is 575 g/mol. The third-order valence-electron chi connectivity index (χ3n) is 9.48. The molecule has 1 nitrogen and oxygen atoms in total. The molecular weight excluding hydrogens is 544 g/mol. The quantitative estimate of drug-likeness (QED) is 0.204. The number of hydrogen-bond acceptors (Lipinski definition) is 1. The van der Waals surface area contributed by atoms with E-state index in [2.05, 4.69) is 158 Å². The van der Waals surface area contributed by atoms with Gasteiger partial charge in [0.1, 0.15) is 11.3 Å². The summed E-state index contributed by atoms with van der Waals surface area (Å²) in [4.78, 5) is 0. The zero-order valence-electron chi connectivity index (χ0n) is 24.8. The van der Waals surface area contributed by atoms with Crippen LogP contribution in [-0.4, -0.2) is 0 Å². The molecule has 0 saturated carbocycles. The van der Waals surface area contributed by atoms with Gasteiger partial charge in [-0.25, -0.2) is 0 Å². The first-order valence-electron chi connectivity index (χ1n) is 15.7. The van der Waals surface area contributed by atoms with Gasteiger partial charge >= 0.3 is 0 Å². The third-order valence-corrected chi connectivity index (χ3v) is 9.48. The lowest BCUT2D eigenvalue weighted by molar-refractivity contribution is 0.632. The minimum Gasteiger partial charge on any atom is -0.455 e. The summed E-state index contributed by atoms with van der Waals surface area (Å²) in [5.41, 5.74) is 13.9. The summed E-state index contributed by atoms with van der Waals surface area (Å²) >= 11 is 0. The van der Waals surface area contributed by atoms with Crippen molar-refractivity contribution in [3.8, 4) is 33.6 Å². The molecular formula is C44H30O. The molecule has 45 heavy (non-hydrogen) atoms. The Kier molecular flexibility index (Phi) is 6.02. The zero-order chi connectivity index (χ0) is 29.7. The van der Waals surface area contributed by atoms with E-state index in [0.29, 0.717) is 0 Å². The fraction of sp³-hybridized carbons (Fsp3) is 0.0455. The van der Waals surface area contributed by atoms with Gasteiger partial charge in [0.25, 0.3) is 0 Å². The van der Waals surface area contributed by atoms with Crippen LogP contribution in [0.1, 0.15) is 33.7 Å². The second-order valence-corrected chi connectivity index (χ2v) is 12.0. The Bertz CT molecular complexity index is 2340. The van der Waals surface area contributed by atoms with Gasteiger partial charge in [0.15, 0.2) is 0 Å². The normalized spacial score (nSPS) is 13.9. The molecule has 1 aliphatic rings. The van der Waals surface area contributed by atoms with Crippen molar-refractivity contribution in [1.82, 2.24) is 0 Å². The molecule has 8 aromatic rings. The maximum absolute atomic E-state index is 6.57. The van der Waals surface area contributed by atoms with Gasteiger partial charge in [-0.15, -0.1) is 0 Å². The monoisotopic (exact) mass is 574 g/mol. The summed E-state index contributed by atoms with van der Waals surface area (Å²) in [5, 5.41) is 3.61. The second kappa shape index (κ2) is 10.5. The lowest BCUT2D eigenvalue weighted by Gasteiger charge is -2.31. The van der Waals surface area contributed by atoms with Gasteiger partial charge in [-0.2, -0.15) is 0 Å². The van der Waals surface area contributed by atoms with E-state index in [1.54, 1.807) is 0 Å². The van der Waals surface area contributed by atoms with Crippen LogP contribution < -0.4 is 0 Å². The molecule has 0 spiro atoms. The Labute approximate surface area is 263 Å². The van der Waals surface area contributed by atoms with E-state index in [0.717, 1.165) is 34.3 Å². The van der Waals surface area contributed by atoms with E-state index in [-0.39, 0.29) is 5.92 Å². The second-order valence-electron chi connectivity index (χ2n) is 12.0. The highest BCUT2D eigenvalue weighted by molar-refractivity contribution is 6.12. The van der Waals surface area contributed by atoms with Gasteiger partial charge in [-0.05, 0) is 67.8 Å². The molecule has 0 radical (unpaired) electrons. The van der Waals surface area contributed by atoms with Gasteiger partial charge in [0.2, 0.25) is 0 Å². The van der Waals surface area contributed by atoms with E-state index in [4.69, 9.17) is 4.42 Å². The van der Waals surface area contributed by atoms with Crippen molar-refractivity contribution in [3.05, 3.63) is 192 Å². The van der Waals surface area contributed by atoms with Crippen molar-refractivity contribution in [2.45, 2.75) is 12.3 Å². The Hall–Kier alpha value is -5.66. The van der Waals surface area contributed by atoms with Crippen LogP contribution in [0.2, 0.25) is 0 Å². The van der Waals surface area contributed by atoms with Crippen molar-refractivity contribution in [3.63, 3.8) is 0 Å². The van der Waals surface area contributed by atoms with Crippen LogP contribution in [-0.2, 0) is 6.42 Å². The zero-order valence-corrected chi connectivity index (χ0v) is 24.8. The maximum Gasteiger partial charge on any atom is 0.143 e. The van der Waals surface area contributed by atoms with Crippen LogP contribution in [0.5, 0.6) is 0 Å². The Balaban J connectivity index is 1.30. The number of benzene rings is 7. The molecule has 0 bridgehead atoms. The molecule has 0 amide bonds. The van der Waals surface area contributed by atoms with E-state index < -0.39 is 0 Å². The largest absolute Gasteiger partial charge is 0.455 e. The highest BCUT2D eigenvalue weighted by Crippen LogP contribution is 2.49. The average Bonchev–Trinajstić information content (AvgIpc) is 3.50. The third kappa shape index (κ3) is 4.16. The SMILES string of the molecule is c1ccc(-c2oc3ccccc3c2-c2ccc(-c3cccc4c3C(c3ccccc3)c3ccccc3C4)c3ccccc23)cc1. The van der Waals surface area contributed by atoms with Gasteiger partial charge in [0.05, 0.1) is 0 Å². The van der Waals surface area contributed by atoms with E-state index >= 15 is 0 Å². The standard InChI is InChI=1S/C44H30O/c1-3-14-29(15-4-1)41-33-20-8-7-18-31(33)28-32-19-13-24-37(42(32)41)36-26-27-38(35-22-10-9-21-34(35)36)43-39-23-11-12-25-40(39)45-44(43)30-16-5-2-6-17-30/h1-27,41H,28H2. The van der Waals surface area contributed by atoms with Gasteiger partial charge in [-0.1, -0.05) is 158 Å². The number of furan rings is 1. The molecule has 0 saturated heterocycles. The summed E-state index contributed by atoms with van der Waals surface area (Å²) in [7, 11) is 0. The van der Waals surface area contributed by atoms with Crippen molar-refractivity contribution < 1.29 is 4.42 Å². The van der Waals surface area contributed by atoms with Crippen molar-refractivity contribution in [2.24, 2.45) is 0 Å². The summed E-state index contributed by atoms with van der Waals surface area (Å²) in [6.45, 7) is 0. The Morgan fingerprint density at radius 1 is 0.444 bits per heavy atom. The molecule has 1 heterocycles. The minimum atomic E-state index is 0.170. The fourth-order valence-corrected chi connectivity index (χ4v) is 7.53. The predicted octanol–water partition coefficient (Wildman–Crippen LogP) is 11.7. The van der Waals surface area contributed by atoms with Crippen LogP contribution in [0, 0.1) is 0 Å². The smallest absolute Gasteiger partial charge is 0.143 e. The van der Waals surface area contributed by atoms with Crippen molar-refractivity contribution in [1.29, 1.82) is 0 Å². The maximum atomic E-state index is 6.57. The van der Waals surface area contributed by atoms with Crippen LogP contribution in [0.4, 0.5) is 0 Å². The number of para-hydroxylation sites is 1. The topological polar surface area (TPSA) is 13.1 Å². The molecule has 1 aromatic heterocycles. The van der Waals surface area contributed by atoms with Crippen LogP contribution >= 0.6 is 0 Å². The first-order chi connectivity index (χ1) is 22.3. The molecule has 212 valence electrons. The molecule has 0 N–H and O–H groups in total. The first-order valence-corrected chi connectivity index (χ1v) is 15.7. The van der Waals surface area contributed by atoms with Crippen LogP contribution in [0.15, 0.2) is 168 Å². The molecule has 9 rings (SSSR count). The number of hydrogen-bond donors (Lipinski definition) is 0. The summed E-state index contributed by atoms with van der Waals surface area (Å²) in [6, 6.07) is 59.3. The molecule has 7 aromatic carbocycles. The predicted molar refractivity (Wildman–Crippen MR) is 187 cm³/mol. The summed E-state index contributed by atoms with van der Waals surface area (Å²) in [6.07, 6.45) is 0.945. The van der Waals surface area contributed by atoms with Gasteiger partial charge in [-0.3, -0.25) is 0 Å². The first kappa shape index (κ1) is 25.8. The van der Waals surface area contributed by atoms with Crippen molar-refractivity contribution >= 4 is 21.7 Å². The highest BCUT2D eigenvalue weighted by Gasteiger charge is 2.30. The van der Waals surface area contributed by atoms with Crippen molar-refractivity contribution in [2.75, 3.05) is 0 Å². The van der Waals surface area contributed by atoms with E-state index in [9.17, 15) is 0 Å². The number of fused-ring (bicyclic) bond motifs is 4. The summed E-state index contributed by atoms with van der Waals surface area (Å²) in [5.74, 6) is 1.08. The fourth-order valence-electron chi connectivity index (χ4n) is 7.53. The molecule has 1 unspecified atom stereocenters. The summed E-state index contributed by atoms with van der Waals surface area (Å²) < 4.78 is 6.57. The molecule has 0 fully saturated rings. The highest BCUT2D eigenvalue weighted by atomic mass is 16.3. The number of rotatable bonds is 4. The molecule has 1 heteroatoms. The molecule has 1 atom stereocenters. The van der Waals surface area contributed by atoms with E-state index in [1.807, 2.05) is 6.07 Å². The lowest BCUT2D eigenvalue weighted by Crippen LogP contribution is -2.16. The minimum absolute atomic E-state index is 0.170. The Morgan fingerprint density at radius 3 is 1.89 bits per heavy atom. The van der Waals surface area contributed by atoms with Gasteiger partial charge in [0, 0.05) is 22.4 Å². The Morgan fingerprint density at radius 2 is 1.07 bits per heavy atom. The molecule has 1 aliphatic carbocycles. The molecule has 0 aliphatic heterocycles. The van der Waals surface area contributed by atoms with Crippen LogP contribution in [0.25, 0.3) is 55.3 Å². The van der Waals surface area contributed by atoms with Crippen LogP contribution in [0.3, 0.4) is 0 Å².